The van der Waals surface area contributed by atoms with Gasteiger partial charge in [0.1, 0.15) is 5.60 Å². The lowest BCUT2D eigenvalue weighted by molar-refractivity contribution is -0.0448. The number of hydrogen-bond donors (Lipinski definition) is 0. The van der Waals surface area contributed by atoms with Crippen LogP contribution in [0.3, 0.4) is 0 Å². The number of carbonyl (C=O) groups excluding carboxylic acids is 1. The maximum Gasteiger partial charge on any atom is 0.196 e. The van der Waals surface area contributed by atoms with Gasteiger partial charge in [-0.1, -0.05) is 0 Å². The van der Waals surface area contributed by atoms with Crippen LogP contribution in [0.25, 0.3) is 0 Å². The summed E-state index contributed by atoms with van der Waals surface area (Å²) in [6, 6.07) is 3.68. The third kappa shape index (κ3) is 1.67. The van der Waals surface area contributed by atoms with Crippen molar-refractivity contribution >= 4 is 5.78 Å². The molecule has 1 aromatic heterocycles. The number of Topliss-reactive ketones (excluding diaryl/α,β-unsaturated/α-hetero) is 1. The van der Waals surface area contributed by atoms with Crippen LogP contribution in [0.15, 0.2) is 18.3 Å². The molecule has 0 aliphatic heterocycles. The minimum atomic E-state index is -0.559. The Hall–Kier alpha value is -1.22. The average Bonchev–Trinajstić information content (AvgIpc) is 2.18. The molecular weight excluding hydrogens is 190 g/mol. The topological polar surface area (TPSA) is 39.2 Å². The van der Waals surface area contributed by atoms with Crippen molar-refractivity contribution in [1.29, 1.82) is 0 Å². The molecule has 0 radical (unpaired) electrons. The summed E-state index contributed by atoms with van der Waals surface area (Å²) in [6.07, 6.45) is 4.36. The molecule has 2 rings (SSSR count). The van der Waals surface area contributed by atoms with E-state index in [1.165, 1.54) is 0 Å². The first-order valence-electron chi connectivity index (χ1n) is 5.20. The van der Waals surface area contributed by atoms with Crippen molar-refractivity contribution in [3.05, 3.63) is 29.6 Å². The van der Waals surface area contributed by atoms with E-state index in [2.05, 4.69) is 4.98 Å². The van der Waals surface area contributed by atoms with Gasteiger partial charge in [-0.25, -0.2) is 0 Å². The Labute approximate surface area is 89.5 Å². The second-order valence-corrected chi connectivity index (χ2v) is 4.07. The molecular formula is C12H15NO2. The van der Waals surface area contributed by atoms with Gasteiger partial charge in [0, 0.05) is 24.6 Å². The summed E-state index contributed by atoms with van der Waals surface area (Å²) in [5.41, 5.74) is 1.02. The number of methoxy groups -OCH3 is 1. The number of ketones is 1. The Morgan fingerprint density at radius 2 is 2.20 bits per heavy atom. The number of aryl methyl sites for hydroxylation is 1. The second-order valence-electron chi connectivity index (χ2n) is 4.07. The van der Waals surface area contributed by atoms with Crippen molar-refractivity contribution in [3.8, 4) is 0 Å². The van der Waals surface area contributed by atoms with E-state index in [0.29, 0.717) is 5.56 Å². The lowest BCUT2D eigenvalue weighted by atomic mass is 9.75. The molecule has 0 amide bonds. The summed E-state index contributed by atoms with van der Waals surface area (Å²) in [5.74, 6) is 0.0729. The Morgan fingerprint density at radius 3 is 2.60 bits per heavy atom. The predicted octanol–water partition coefficient (Wildman–Crippen LogP) is 2.14. The van der Waals surface area contributed by atoms with E-state index >= 15 is 0 Å². The van der Waals surface area contributed by atoms with Crippen LogP contribution in [0, 0.1) is 6.92 Å². The fraction of sp³-hybridized carbons (Fsp3) is 0.500. The molecule has 0 saturated heterocycles. The molecule has 0 N–H and O–H groups in total. The summed E-state index contributed by atoms with van der Waals surface area (Å²) < 4.78 is 5.34. The zero-order valence-corrected chi connectivity index (χ0v) is 9.12. The van der Waals surface area contributed by atoms with E-state index < -0.39 is 5.60 Å². The van der Waals surface area contributed by atoms with Gasteiger partial charge in [0.25, 0.3) is 0 Å². The maximum absolute atomic E-state index is 12.1. The van der Waals surface area contributed by atoms with Crippen molar-refractivity contribution in [1.82, 2.24) is 4.98 Å². The number of aromatic nitrogens is 1. The van der Waals surface area contributed by atoms with E-state index in [1.54, 1.807) is 13.3 Å². The lowest BCUT2D eigenvalue weighted by Gasteiger charge is -2.38. The molecule has 3 nitrogen and oxygen atoms in total. The van der Waals surface area contributed by atoms with E-state index in [-0.39, 0.29) is 5.78 Å². The first-order valence-corrected chi connectivity index (χ1v) is 5.20. The van der Waals surface area contributed by atoms with Crippen LogP contribution >= 0.6 is 0 Å². The van der Waals surface area contributed by atoms with Crippen LogP contribution in [0.4, 0.5) is 0 Å². The molecule has 1 saturated carbocycles. The van der Waals surface area contributed by atoms with Crippen molar-refractivity contribution in [2.75, 3.05) is 7.11 Å². The Balaban J connectivity index is 2.24. The van der Waals surface area contributed by atoms with Gasteiger partial charge < -0.3 is 4.74 Å². The largest absolute Gasteiger partial charge is 0.370 e. The third-order valence-electron chi connectivity index (χ3n) is 3.14. The van der Waals surface area contributed by atoms with Gasteiger partial charge >= 0.3 is 0 Å². The van der Waals surface area contributed by atoms with Crippen LogP contribution in [0.2, 0.25) is 0 Å². The fourth-order valence-corrected chi connectivity index (χ4v) is 1.89. The number of nitrogens with zero attached hydrogens (tertiary/aromatic N) is 1. The van der Waals surface area contributed by atoms with Gasteiger partial charge in [0.05, 0.1) is 0 Å². The van der Waals surface area contributed by atoms with Crippen LogP contribution in [-0.2, 0) is 4.74 Å². The standard InChI is InChI=1S/C12H15NO2/c1-9-4-5-10(8-13-9)11(14)12(15-2)6-3-7-12/h4-5,8H,3,6-7H2,1-2H3. The van der Waals surface area contributed by atoms with Gasteiger partial charge in [-0.15, -0.1) is 0 Å². The lowest BCUT2D eigenvalue weighted by Crippen LogP contribution is -2.47. The third-order valence-corrected chi connectivity index (χ3v) is 3.14. The van der Waals surface area contributed by atoms with Crippen molar-refractivity contribution in [2.24, 2.45) is 0 Å². The number of ether oxygens (including phenoxy) is 1. The first kappa shape index (κ1) is 10.3. The molecule has 0 aromatic carbocycles. The molecule has 0 spiro atoms. The second kappa shape index (κ2) is 3.74. The summed E-state index contributed by atoms with van der Waals surface area (Å²) in [4.78, 5) is 16.3. The van der Waals surface area contributed by atoms with Crippen molar-refractivity contribution < 1.29 is 9.53 Å². The molecule has 0 bridgehead atoms. The normalized spacial score (nSPS) is 18.3. The highest BCUT2D eigenvalue weighted by molar-refractivity contribution is 6.02. The van der Waals surface area contributed by atoms with Gasteiger partial charge in [-0.3, -0.25) is 9.78 Å². The average molecular weight is 205 g/mol. The minimum absolute atomic E-state index is 0.0729. The zero-order chi connectivity index (χ0) is 10.9. The van der Waals surface area contributed by atoms with E-state index in [1.807, 2.05) is 19.1 Å². The summed E-state index contributed by atoms with van der Waals surface area (Å²) >= 11 is 0. The van der Waals surface area contributed by atoms with Crippen LogP contribution < -0.4 is 0 Å². The van der Waals surface area contributed by atoms with Crippen LogP contribution in [0.1, 0.15) is 35.3 Å². The molecule has 80 valence electrons. The van der Waals surface area contributed by atoms with Gasteiger partial charge in [0.15, 0.2) is 5.78 Å². The Kier molecular flexibility index (Phi) is 2.57. The Morgan fingerprint density at radius 1 is 1.47 bits per heavy atom. The molecule has 1 heterocycles. The quantitative estimate of drug-likeness (QED) is 0.710. The van der Waals surface area contributed by atoms with E-state index in [9.17, 15) is 4.79 Å². The van der Waals surface area contributed by atoms with Crippen LogP contribution in [0.5, 0.6) is 0 Å². The Bertz CT molecular complexity index is 360. The maximum atomic E-state index is 12.1. The summed E-state index contributed by atoms with van der Waals surface area (Å²) in [6.45, 7) is 1.91. The van der Waals surface area contributed by atoms with Crippen molar-refractivity contribution in [3.63, 3.8) is 0 Å². The van der Waals surface area contributed by atoms with Gasteiger partial charge in [0.2, 0.25) is 0 Å². The monoisotopic (exact) mass is 205 g/mol. The number of carbonyl (C=O) groups is 1. The van der Waals surface area contributed by atoms with Crippen molar-refractivity contribution in [2.45, 2.75) is 31.8 Å². The van der Waals surface area contributed by atoms with Gasteiger partial charge in [-0.05, 0) is 38.3 Å². The highest BCUT2D eigenvalue weighted by Crippen LogP contribution is 2.37. The zero-order valence-electron chi connectivity index (χ0n) is 9.12. The molecule has 1 aliphatic rings. The molecule has 0 unspecified atom stereocenters. The molecule has 1 aliphatic carbocycles. The molecule has 0 atom stereocenters. The summed E-state index contributed by atoms with van der Waals surface area (Å²) in [5, 5.41) is 0. The minimum Gasteiger partial charge on any atom is -0.370 e. The first-order chi connectivity index (χ1) is 7.18. The fourth-order valence-electron chi connectivity index (χ4n) is 1.89. The number of hydrogen-bond acceptors (Lipinski definition) is 3. The molecule has 15 heavy (non-hydrogen) atoms. The SMILES string of the molecule is COC1(C(=O)c2ccc(C)nc2)CCC1. The molecule has 1 aromatic rings. The highest BCUT2D eigenvalue weighted by atomic mass is 16.5. The smallest absolute Gasteiger partial charge is 0.196 e. The number of rotatable bonds is 3. The molecule has 3 heteroatoms. The van der Waals surface area contributed by atoms with Gasteiger partial charge in [-0.2, -0.15) is 0 Å². The number of pyridine rings is 1. The predicted molar refractivity (Wildman–Crippen MR) is 56.9 cm³/mol. The van der Waals surface area contributed by atoms with Crippen LogP contribution in [-0.4, -0.2) is 23.5 Å². The van der Waals surface area contributed by atoms with E-state index in [0.717, 1.165) is 25.0 Å². The summed E-state index contributed by atoms with van der Waals surface area (Å²) in [7, 11) is 1.61. The molecule has 1 fully saturated rings. The van der Waals surface area contributed by atoms with E-state index in [4.69, 9.17) is 4.74 Å². The highest BCUT2D eigenvalue weighted by Gasteiger charge is 2.44.